The zero-order chi connectivity index (χ0) is 12.0. The van der Waals surface area contributed by atoms with Crippen LogP contribution in [-0.2, 0) is 7.05 Å². The molecule has 1 aromatic carbocycles. The lowest BCUT2D eigenvalue weighted by atomic mass is 10.0. The van der Waals surface area contributed by atoms with Crippen LogP contribution in [0.25, 0.3) is 22.2 Å². The van der Waals surface area contributed by atoms with Crippen LogP contribution in [0, 0.1) is 0 Å². The number of nitrogens with zero attached hydrogens (tertiary/aromatic N) is 1. The van der Waals surface area contributed by atoms with Crippen LogP contribution in [0.4, 0.5) is 0 Å². The fraction of sp³-hybridized carbons (Fsp3) is 0.0714. The van der Waals surface area contributed by atoms with Gasteiger partial charge in [0.1, 0.15) is 0 Å². The van der Waals surface area contributed by atoms with Gasteiger partial charge in [0, 0.05) is 18.1 Å². The summed E-state index contributed by atoms with van der Waals surface area (Å²) >= 11 is 5.87. The van der Waals surface area contributed by atoms with Gasteiger partial charge in [0.05, 0.1) is 10.7 Å². The number of aromatic nitrogens is 1. The van der Waals surface area contributed by atoms with Crippen molar-refractivity contribution < 1.29 is 0 Å². The highest BCUT2D eigenvalue weighted by Gasteiger charge is 2.12. The molecule has 0 bridgehead atoms. The standard InChI is InChI=1S/C14H10ClNO/c1-16-12-5-3-2-4-9(12)8-10-13(16)7-6-11(15)14(10)17/h2-8H,1H3. The molecule has 0 saturated carbocycles. The average molecular weight is 244 g/mol. The summed E-state index contributed by atoms with van der Waals surface area (Å²) in [6.07, 6.45) is 0. The predicted molar refractivity (Wildman–Crippen MR) is 70.8 cm³/mol. The van der Waals surface area contributed by atoms with Crippen LogP contribution in [-0.4, -0.2) is 4.57 Å². The second kappa shape index (κ2) is 3.60. The van der Waals surface area contributed by atoms with Gasteiger partial charge in [-0.25, -0.2) is 0 Å². The van der Waals surface area contributed by atoms with Gasteiger partial charge >= 0.3 is 0 Å². The Kier molecular flexibility index (Phi) is 2.20. The molecule has 1 aliphatic carbocycles. The number of para-hydroxylation sites is 1. The Bertz CT molecular complexity index is 745. The largest absolute Gasteiger partial charge is 0.344 e. The van der Waals surface area contributed by atoms with E-state index in [9.17, 15) is 4.79 Å². The van der Waals surface area contributed by atoms with Crippen LogP contribution in [0.5, 0.6) is 0 Å². The summed E-state index contributed by atoms with van der Waals surface area (Å²) in [5, 5.41) is 1.31. The van der Waals surface area contributed by atoms with Gasteiger partial charge in [0.15, 0.2) is 0 Å². The summed E-state index contributed by atoms with van der Waals surface area (Å²) in [5.74, 6) is 0. The van der Waals surface area contributed by atoms with E-state index in [0.29, 0.717) is 5.56 Å². The van der Waals surface area contributed by atoms with Crippen LogP contribution in [0.3, 0.4) is 0 Å². The lowest BCUT2D eigenvalue weighted by Crippen LogP contribution is -2.11. The zero-order valence-corrected chi connectivity index (χ0v) is 10.0. The maximum Gasteiger partial charge on any atom is 0.206 e. The number of benzene rings is 2. The molecule has 0 N–H and O–H groups in total. The van der Waals surface area contributed by atoms with Gasteiger partial charge in [0.2, 0.25) is 5.43 Å². The first-order chi connectivity index (χ1) is 8.18. The molecule has 0 unspecified atom stereocenters. The van der Waals surface area contributed by atoms with Crippen molar-refractivity contribution in [3.05, 3.63) is 57.7 Å². The van der Waals surface area contributed by atoms with Gasteiger partial charge in [-0.3, -0.25) is 4.79 Å². The van der Waals surface area contributed by atoms with Crippen LogP contribution < -0.4 is 5.43 Å². The Hall–Kier alpha value is -1.80. The molecule has 2 nitrogen and oxygen atoms in total. The third-order valence-electron chi connectivity index (χ3n) is 3.08. The maximum atomic E-state index is 12.0. The predicted octanol–water partition coefficient (Wildman–Crippen LogP) is 3.30. The average Bonchev–Trinajstić information content (AvgIpc) is 2.35. The van der Waals surface area contributed by atoms with E-state index < -0.39 is 0 Å². The third kappa shape index (κ3) is 1.45. The van der Waals surface area contributed by atoms with Gasteiger partial charge in [-0.15, -0.1) is 0 Å². The van der Waals surface area contributed by atoms with Crippen molar-refractivity contribution in [2.45, 2.75) is 0 Å². The lowest BCUT2D eigenvalue weighted by molar-refractivity contribution is 0.960. The summed E-state index contributed by atoms with van der Waals surface area (Å²) < 4.78 is 2.02. The molecule has 3 rings (SSSR count). The van der Waals surface area contributed by atoms with Crippen molar-refractivity contribution in [2.24, 2.45) is 7.05 Å². The molecule has 0 fully saturated rings. The van der Waals surface area contributed by atoms with Crippen molar-refractivity contribution in [2.75, 3.05) is 0 Å². The second-order valence-corrected chi connectivity index (χ2v) is 4.48. The van der Waals surface area contributed by atoms with Crippen LogP contribution in [0.2, 0.25) is 5.02 Å². The van der Waals surface area contributed by atoms with Crippen molar-refractivity contribution >= 4 is 22.5 Å². The molecule has 0 saturated heterocycles. The molecule has 1 heterocycles. The molecule has 84 valence electrons. The Balaban J connectivity index is 2.60. The minimum atomic E-state index is -0.106. The Labute approximate surface area is 103 Å². The molecule has 0 atom stereocenters. The number of fused-ring (bicyclic) bond motifs is 2. The number of rotatable bonds is 0. The molecule has 0 radical (unpaired) electrons. The molecule has 1 aromatic rings. The van der Waals surface area contributed by atoms with E-state index in [1.54, 1.807) is 6.07 Å². The molecule has 1 aliphatic heterocycles. The fourth-order valence-electron chi connectivity index (χ4n) is 2.19. The number of hydrogen-bond acceptors (Lipinski definition) is 1. The first-order valence-electron chi connectivity index (χ1n) is 5.35. The number of hydrogen-bond donors (Lipinski definition) is 0. The highest BCUT2D eigenvalue weighted by Crippen LogP contribution is 2.26. The summed E-state index contributed by atoms with van der Waals surface area (Å²) in [6, 6.07) is 13.4. The number of pyridine rings is 1. The Morgan fingerprint density at radius 3 is 2.71 bits per heavy atom. The van der Waals surface area contributed by atoms with Gasteiger partial charge in [-0.05, 0) is 29.7 Å². The topological polar surface area (TPSA) is 22.0 Å². The minimum Gasteiger partial charge on any atom is -0.344 e. The highest BCUT2D eigenvalue weighted by atomic mass is 35.5. The molecular formula is C14H10ClNO. The monoisotopic (exact) mass is 243 g/mol. The van der Waals surface area contributed by atoms with E-state index in [1.165, 1.54) is 0 Å². The summed E-state index contributed by atoms with van der Waals surface area (Å²) in [5.41, 5.74) is 2.56. The van der Waals surface area contributed by atoms with Gasteiger partial charge in [0.25, 0.3) is 0 Å². The van der Waals surface area contributed by atoms with Gasteiger partial charge in [-0.1, -0.05) is 29.8 Å². The number of halogens is 1. The van der Waals surface area contributed by atoms with E-state index in [4.69, 9.17) is 11.6 Å². The molecule has 0 amide bonds. The maximum absolute atomic E-state index is 12.0. The summed E-state index contributed by atoms with van der Waals surface area (Å²) in [4.78, 5) is 12.0. The Morgan fingerprint density at radius 2 is 1.88 bits per heavy atom. The van der Waals surface area contributed by atoms with E-state index in [-0.39, 0.29) is 10.5 Å². The lowest BCUT2D eigenvalue weighted by Gasteiger charge is -2.14. The molecular weight excluding hydrogens is 234 g/mol. The van der Waals surface area contributed by atoms with E-state index in [1.807, 2.05) is 48.0 Å². The van der Waals surface area contributed by atoms with Crippen molar-refractivity contribution in [1.82, 2.24) is 4.57 Å². The molecule has 0 aromatic heterocycles. The van der Waals surface area contributed by atoms with Crippen molar-refractivity contribution in [3.8, 4) is 11.3 Å². The highest BCUT2D eigenvalue weighted by molar-refractivity contribution is 6.30. The molecule has 0 spiro atoms. The van der Waals surface area contributed by atoms with Crippen LogP contribution in [0.1, 0.15) is 0 Å². The van der Waals surface area contributed by atoms with Crippen molar-refractivity contribution in [3.63, 3.8) is 0 Å². The van der Waals surface area contributed by atoms with Crippen LogP contribution >= 0.6 is 11.6 Å². The van der Waals surface area contributed by atoms with Crippen molar-refractivity contribution in [1.29, 1.82) is 0 Å². The van der Waals surface area contributed by atoms with Gasteiger partial charge in [-0.2, -0.15) is 0 Å². The van der Waals surface area contributed by atoms with Crippen LogP contribution in [0.15, 0.2) is 47.3 Å². The molecule has 3 heteroatoms. The quantitative estimate of drug-likeness (QED) is 0.556. The minimum absolute atomic E-state index is 0.106. The smallest absolute Gasteiger partial charge is 0.206 e. The summed E-state index contributed by atoms with van der Waals surface area (Å²) in [7, 11) is 1.96. The van der Waals surface area contributed by atoms with E-state index in [2.05, 4.69) is 0 Å². The first-order valence-corrected chi connectivity index (χ1v) is 5.73. The van der Waals surface area contributed by atoms with Gasteiger partial charge < -0.3 is 4.57 Å². The fourth-order valence-corrected chi connectivity index (χ4v) is 2.36. The normalized spacial score (nSPS) is 11.2. The SMILES string of the molecule is Cn1c2ccc(Cl)c(=O)c-2cc2ccccc21. The molecule has 17 heavy (non-hydrogen) atoms. The molecule has 2 aliphatic rings. The first kappa shape index (κ1) is 10.4. The van der Waals surface area contributed by atoms with E-state index >= 15 is 0 Å². The Morgan fingerprint density at radius 1 is 1.12 bits per heavy atom. The zero-order valence-electron chi connectivity index (χ0n) is 9.27. The second-order valence-electron chi connectivity index (χ2n) is 4.07. The number of aryl methyl sites for hydroxylation is 1. The van der Waals surface area contributed by atoms with E-state index in [0.717, 1.165) is 16.6 Å². The third-order valence-corrected chi connectivity index (χ3v) is 3.38. The summed E-state index contributed by atoms with van der Waals surface area (Å²) in [6.45, 7) is 0.